The fraction of sp³-hybridized carbons (Fsp3) is 0.125. The van der Waals surface area contributed by atoms with E-state index in [0.29, 0.717) is 18.1 Å². The molecule has 0 saturated carbocycles. The standard InChI is InChI=1S/C24H21FN4OS/c25-20-13-11-18(12-14-20)15-16-26-22(30)17-31-24-28-27-23(19-7-3-1-4-8-19)29(24)21-9-5-2-6-10-21/h1-14H,15-17H2,(H,26,30). The molecule has 1 aromatic heterocycles. The van der Waals surface area contributed by atoms with Crippen LogP contribution in [-0.2, 0) is 11.2 Å². The molecule has 0 atom stereocenters. The van der Waals surface area contributed by atoms with Gasteiger partial charge in [-0.15, -0.1) is 10.2 Å². The van der Waals surface area contributed by atoms with Crippen LogP contribution in [-0.4, -0.2) is 33.0 Å². The van der Waals surface area contributed by atoms with Crippen molar-refractivity contribution in [3.63, 3.8) is 0 Å². The summed E-state index contributed by atoms with van der Waals surface area (Å²) < 4.78 is 14.9. The smallest absolute Gasteiger partial charge is 0.230 e. The number of halogens is 1. The summed E-state index contributed by atoms with van der Waals surface area (Å²) in [6.45, 7) is 0.492. The number of carbonyl (C=O) groups excluding carboxylic acids is 1. The number of hydrogen-bond donors (Lipinski definition) is 1. The number of nitrogens with one attached hydrogen (secondary N) is 1. The van der Waals surface area contributed by atoms with Gasteiger partial charge in [-0.05, 0) is 36.2 Å². The van der Waals surface area contributed by atoms with Gasteiger partial charge in [0.2, 0.25) is 5.91 Å². The first-order valence-corrected chi connectivity index (χ1v) is 10.9. The Morgan fingerprint density at radius 2 is 1.58 bits per heavy atom. The SMILES string of the molecule is O=C(CSc1nnc(-c2ccccc2)n1-c1ccccc1)NCCc1ccc(F)cc1. The summed E-state index contributed by atoms with van der Waals surface area (Å²) in [5.41, 5.74) is 2.87. The number of rotatable bonds is 8. The van der Waals surface area contributed by atoms with E-state index < -0.39 is 0 Å². The van der Waals surface area contributed by atoms with Crippen LogP contribution in [0.25, 0.3) is 17.1 Å². The molecule has 0 fully saturated rings. The Bertz CT molecular complexity index is 1130. The topological polar surface area (TPSA) is 59.8 Å². The second-order valence-corrected chi connectivity index (χ2v) is 7.80. The van der Waals surface area contributed by atoms with E-state index in [2.05, 4.69) is 15.5 Å². The van der Waals surface area contributed by atoms with E-state index in [9.17, 15) is 9.18 Å². The molecule has 1 N–H and O–H groups in total. The van der Waals surface area contributed by atoms with Crippen molar-refractivity contribution in [3.05, 3.63) is 96.3 Å². The van der Waals surface area contributed by atoms with Crippen LogP contribution in [0.4, 0.5) is 4.39 Å². The van der Waals surface area contributed by atoms with Gasteiger partial charge in [0, 0.05) is 17.8 Å². The van der Waals surface area contributed by atoms with Gasteiger partial charge in [-0.3, -0.25) is 9.36 Å². The fourth-order valence-corrected chi connectivity index (χ4v) is 3.91. The molecule has 156 valence electrons. The quantitative estimate of drug-likeness (QED) is 0.416. The van der Waals surface area contributed by atoms with E-state index in [4.69, 9.17) is 0 Å². The van der Waals surface area contributed by atoms with E-state index in [1.165, 1.54) is 23.9 Å². The van der Waals surface area contributed by atoms with Crippen LogP contribution in [0.1, 0.15) is 5.56 Å². The number of para-hydroxylation sites is 1. The zero-order chi connectivity index (χ0) is 21.5. The largest absolute Gasteiger partial charge is 0.355 e. The van der Waals surface area contributed by atoms with Crippen LogP contribution in [0.5, 0.6) is 0 Å². The van der Waals surface area contributed by atoms with Crippen molar-refractivity contribution >= 4 is 17.7 Å². The number of amides is 1. The zero-order valence-electron chi connectivity index (χ0n) is 16.7. The number of aromatic nitrogens is 3. The lowest BCUT2D eigenvalue weighted by Gasteiger charge is -2.10. The molecule has 0 aliphatic heterocycles. The van der Waals surface area contributed by atoms with Crippen LogP contribution in [0.2, 0.25) is 0 Å². The highest BCUT2D eigenvalue weighted by atomic mass is 32.2. The van der Waals surface area contributed by atoms with E-state index >= 15 is 0 Å². The number of nitrogens with zero attached hydrogens (tertiary/aromatic N) is 3. The first-order chi connectivity index (χ1) is 15.2. The molecule has 0 bridgehead atoms. The first-order valence-electron chi connectivity index (χ1n) is 9.91. The van der Waals surface area contributed by atoms with E-state index in [1.54, 1.807) is 12.1 Å². The van der Waals surface area contributed by atoms with E-state index in [0.717, 1.165) is 22.6 Å². The maximum absolute atomic E-state index is 13.0. The molecule has 0 aliphatic carbocycles. The molecule has 5 nitrogen and oxygen atoms in total. The minimum Gasteiger partial charge on any atom is -0.355 e. The van der Waals surface area contributed by atoms with Crippen LogP contribution >= 0.6 is 11.8 Å². The summed E-state index contributed by atoms with van der Waals surface area (Å²) in [6, 6.07) is 26.0. The van der Waals surface area contributed by atoms with Crippen LogP contribution < -0.4 is 5.32 Å². The molecule has 0 saturated heterocycles. The Morgan fingerprint density at radius 3 is 2.29 bits per heavy atom. The lowest BCUT2D eigenvalue weighted by molar-refractivity contribution is -0.118. The minimum absolute atomic E-state index is 0.0871. The highest BCUT2D eigenvalue weighted by Crippen LogP contribution is 2.27. The average Bonchev–Trinajstić information content (AvgIpc) is 3.24. The minimum atomic E-state index is -0.262. The van der Waals surface area contributed by atoms with Gasteiger partial charge in [-0.2, -0.15) is 0 Å². The second kappa shape index (κ2) is 10.0. The average molecular weight is 433 g/mol. The Hall–Kier alpha value is -3.45. The number of benzene rings is 3. The first kappa shape index (κ1) is 20.8. The molecule has 4 aromatic rings. The summed E-state index contributed by atoms with van der Waals surface area (Å²) in [6.07, 6.45) is 0.648. The predicted molar refractivity (Wildman–Crippen MR) is 121 cm³/mol. The molecule has 4 rings (SSSR count). The normalized spacial score (nSPS) is 10.7. The number of carbonyl (C=O) groups is 1. The summed E-state index contributed by atoms with van der Waals surface area (Å²) in [5, 5.41) is 12.3. The maximum Gasteiger partial charge on any atom is 0.230 e. The Morgan fingerprint density at radius 1 is 0.903 bits per heavy atom. The second-order valence-electron chi connectivity index (χ2n) is 6.86. The molecule has 1 amide bonds. The molecule has 3 aromatic carbocycles. The summed E-state index contributed by atoms with van der Waals surface area (Å²) in [7, 11) is 0. The van der Waals surface area contributed by atoms with Gasteiger partial charge in [-0.25, -0.2) is 4.39 Å². The third-order valence-electron chi connectivity index (χ3n) is 4.66. The van der Waals surface area contributed by atoms with Gasteiger partial charge < -0.3 is 5.32 Å². The molecular formula is C24H21FN4OS. The van der Waals surface area contributed by atoms with Crippen LogP contribution in [0.15, 0.2) is 90.1 Å². The van der Waals surface area contributed by atoms with Gasteiger partial charge in [-0.1, -0.05) is 72.4 Å². The van der Waals surface area contributed by atoms with Crippen molar-refractivity contribution in [2.75, 3.05) is 12.3 Å². The number of hydrogen-bond acceptors (Lipinski definition) is 4. The molecule has 0 spiro atoms. The molecular weight excluding hydrogens is 411 g/mol. The highest BCUT2D eigenvalue weighted by Gasteiger charge is 2.17. The summed E-state index contributed by atoms with van der Waals surface area (Å²) >= 11 is 1.34. The molecule has 7 heteroatoms. The van der Waals surface area contributed by atoms with Crippen molar-refractivity contribution in [2.24, 2.45) is 0 Å². The zero-order valence-corrected chi connectivity index (χ0v) is 17.6. The van der Waals surface area contributed by atoms with Crippen molar-refractivity contribution < 1.29 is 9.18 Å². The Labute approximate surface area is 184 Å². The molecule has 0 radical (unpaired) electrons. The number of thioether (sulfide) groups is 1. The Balaban J connectivity index is 1.43. The van der Waals surface area contributed by atoms with Crippen molar-refractivity contribution in [1.29, 1.82) is 0 Å². The summed E-state index contributed by atoms with van der Waals surface area (Å²) in [4.78, 5) is 12.3. The van der Waals surface area contributed by atoms with Crippen molar-refractivity contribution in [1.82, 2.24) is 20.1 Å². The fourth-order valence-electron chi connectivity index (χ4n) is 3.13. The Kier molecular flexibility index (Phi) is 6.74. The highest BCUT2D eigenvalue weighted by molar-refractivity contribution is 7.99. The summed E-state index contributed by atoms with van der Waals surface area (Å²) in [5.74, 6) is 0.604. The van der Waals surface area contributed by atoms with Crippen LogP contribution in [0.3, 0.4) is 0 Å². The lowest BCUT2D eigenvalue weighted by Crippen LogP contribution is -2.27. The monoisotopic (exact) mass is 432 g/mol. The van der Waals surface area contributed by atoms with Gasteiger partial charge in [0.1, 0.15) is 5.82 Å². The van der Waals surface area contributed by atoms with Gasteiger partial charge >= 0.3 is 0 Å². The third-order valence-corrected chi connectivity index (χ3v) is 5.59. The van der Waals surface area contributed by atoms with E-state index in [-0.39, 0.29) is 17.5 Å². The van der Waals surface area contributed by atoms with Crippen LogP contribution in [0, 0.1) is 5.82 Å². The van der Waals surface area contributed by atoms with Gasteiger partial charge in [0.05, 0.1) is 5.75 Å². The molecule has 0 unspecified atom stereocenters. The predicted octanol–water partition coefficient (Wildman–Crippen LogP) is 4.52. The maximum atomic E-state index is 13.0. The lowest BCUT2D eigenvalue weighted by atomic mass is 10.1. The van der Waals surface area contributed by atoms with Crippen molar-refractivity contribution in [2.45, 2.75) is 11.6 Å². The third kappa shape index (κ3) is 5.38. The molecule has 1 heterocycles. The molecule has 0 aliphatic rings. The van der Waals surface area contributed by atoms with Gasteiger partial charge in [0.15, 0.2) is 11.0 Å². The van der Waals surface area contributed by atoms with E-state index in [1.807, 2.05) is 65.2 Å². The van der Waals surface area contributed by atoms with Crippen molar-refractivity contribution in [3.8, 4) is 17.1 Å². The van der Waals surface area contributed by atoms with Gasteiger partial charge in [0.25, 0.3) is 0 Å². The molecule has 31 heavy (non-hydrogen) atoms.